The standard InChI is InChI=1S/C13H29NO/c1-7-14(8-2)13(5,6)12(15)10-9-11(3)4/h11-12,15H,7-10H2,1-6H3. The second kappa shape index (κ2) is 6.49. The molecule has 0 aliphatic rings. The molecule has 0 heterocycles. The minimum atomic E-state index is -0.222. The van der Waals surface area contributed by atoms with Crippen molar-refractivity contribution in [1.29, 1.82) is 0 Å². The zero-order valence-electron chi connectivity index (χ0n) is 11.4. The summed E-state index contributed by atoms with van der Waals surface area (Å²) in [6.45, 7) is 15.0. The first kappa shape index (κ1) is 14.9. The molecule has 0 aromatic carbocycles. The molecule has 1 N–H and O–H groups in total. The van der Waals surface area contributed by atoms with Crippen molar-refractivity contribution < 1.29 is 5.11 Å². The molecule has 0 aromatic rings. The maximum Gasteiger partial charge on any atom is 0.0718 e. The van der Waals surface area contributed by atoms with E-state index in [1.165, 1.54) is 0 Å². The van der Waals surface area contributed by atoms with Crippen LogP contribution in [0.15, 0.2) is 0 Å². The van der Waals surface area contributed by atoms with Gasteiger partial charge in [-0.25, -0.2) is 0 Å². The lowest BCUT2D eigenvalue weighted by molar-refractivity contribution is -0.0116. The van der Waals surface area contributed by atoms with Crippen LogP contribution in [0.5, 0.6) is 0 Å². The molecule has 0 saturated heterocycles. The molecule has 0 saturated carbocycles. The number of rotatable bonds is 7. The van der Waals surface area contributed by atoms with Crippen LogP contribution in [0, 0.1) is 5.92 Å². The molecule has 15 heavy (non-hydrogen) atoms. The van der Waals surface area contributed by atoms with Crippen LogP contribution in [0.1, 0.15) is 54.4 Å². The Kier molecular flexibility index (Phi) is 6.46. The highest BCUT2D eigenvalue weighted by Crippen LogP contribution is 2.23. The van der Waals surface area contributed by atoms with Gasteiger partial charge in [-0.1, -0.05) is 27.7 Å². The van der Waals surface area contributed by atoms with Crippen molar-refractivity contribution in [3.8, 4) is 0 Å². The highest BCUT2D eigenvalue weighted by molar-refractivity contribution is 4.88. The van der Waals surface area contributed by atoms with Gasteiger partial charge in [-0.15, -0.1) is 0 Å². The second-order valence-corrected chi connectivity index (χ2v) is 5.31. The number of hydrogen-bond acceptors (Lipinski definition) is 2. The molecule has 0 spiro atoms. The van der Waals surface area contributed by atoms with Crippen molar-refractivity contribution in [2.75, 3.05) is 13.1 Å². The Labute approximate surface area is 95.7 Å². The molecule has 1 atom stereocenters. The summed E-state index contributed by atoms with van der Waals surface area (Å²) in [6.07, 6.45) is 1.78. The number of aliphatic hydroxyl groups is 1. The molecule has 2 heteroatoms. The molecule has 0 rings (SSSR count). The van der Waals surface area contributed by atoms with Gasteiger partial charge in [-0.05, 0) is 45.7 Å². The van der Waals surface area contributed by atoms with Gasteiger partial charge in [-0.2, -0.15) is 0 Å². The highest BCUT2D eigenvalue weighted by atomic mass is 16.3. The molecule has 0 aromatic heterocycles. The van der Waals surface area contributed by atoms with Crippen molar-refractivity contribution in [3.05, 3.63) is 0 Å². The van der Waals surface area contributed by atoms with E-state index in [1.54, 1.807) is 0 Å². The zero-order valence-corrected chi connectivity index (χ0v) is 11.4. The van der Waals surface area contributed by atoms with Crippen LogP contribution in [0.25, 0.3) is 0 Å². The number of aliphatic hydroxyl groups excluding tert-OH is 1. The van der Waals surface area contributed by atoms with E-state index in [1.807, 2.05) is 0 Å². The fraction of sp³-hybridized carbons (Fsp3) is 1.00. The summed E-state index contributed by atoms with van der Waals surface area (Å²) in [5, 5.41) is 10.2. The minimum absolute atomic E-state index is 0.0988. The van der Waals surface area contributed by atoms with Gasteiger partial charge in [0, 0.05) is 5.54 Å². The van der Waals surface area contributed by atoms with Crippen molar-refractivity contribution >= 4 is 0 Å². The molecule has 0 amide bonds. The first-order chi connectivity index (χ1) is 6.86. The van der Waals surface area contributed by atoms with Crippen molar-refractivity contribution in [3.63, 3.8) is 0 Å². The van der Waals surface area contributed by atoms with Crippen LogP contribution in [-0.2, 0) is 0 Å². The van der Waals surface area contributed by atoms with Gasteiger partial charge in [0.25, 0.3) is 0 Å². The smallest absolute Gasteiger partial charge is 0.0718 e. The van der Waals surface area contributed by atoms with Gasteiger partial charge in [-0.3, -0.25) is 4.90 Å². The monoisotopic (exact) mass is 215 g/mol. The fourth-order valence-electron chi connectivity index (χ4n) is 2.09. The van der Waals surface area contributed by atoms with Crippen LogP contribution in [0.4, 0.5) is 0 Å². The second-order valence-electron chi connectivity index (χ2n) is 5.31. The SMILES string of the molecule is CCN(CC)C(C)(C)C(O)CCC(C)C. The van der Waals surface area contributed by atoms with Gasteiger partial charge in [0.1, 0.15) is 0 Å². The maximum absolute atomic E-state index is 10.2. The Morgan fingerprint density at radius 2 is 1.53 bits per heavy atom. The average Bonchev–Trinajstić information content (AvgIpc) is 2.15. The molecule has 2 nitrogen and oxygen atoms in total. The average molecular weight is 215 g/mol. The first-order valence-corrected chi connectivity index (χ1v) is 6.29. The Balaban J connectivity index is 4.29. The van der Waals surface area contributed by atoms with E-state index in [2.05, 4.69) is 46.4 Å². The summed E-state index contributed by atoms with van der Waals surface area (Å²) < 4.78 is 0. The highest BCUT2D eigenvalue weighted by Gasteiger charge is 2.32. The Morgan fingerprint density at radius 1 is 1.07 bits per heavy atom. The fourth-order valence-corrected chi connectivity index (χ4v) is 2.09. The largest absolute Gasteiger partial charge is 0.391 e. The normalized spacial score (nSPS) is 15.0. The van der Waals surface area contributed by atoms with Crippen LogP contribution >= 0.6 is 0 Å². The molecule has 1 unspecified atom stereocenters. The molecule has 0 aliphatic heterocycles. The molecule has 0 bridgehead atoms. The van der Waals surface area contributed by atoms with Crippen molar-refractivity contribution in [1.82, 2.24) is 4.90 Å². The van der Waals surface area contributed by atoms with Gasteiger partial charge in [0.2, 0.25) is 0 Å². The summed E-state index contributed by atoms with van der Waals surface area (Å²) in [5.41, 5.74) is -0.0988. The lowest BCUT2D eigenvalue weighted by Crippen LogP contribution is -2.52. The number of nitrogens with zero attached hydrogens (tertiary/aromatic N) is 1. The van der Waals surface area contributed by atoms with E-state index in [0.717, 1.165) is 25.9 Å². The quantitative estimate of drug-likeness (QED) is 0.706. The van der Waals surface area contributed by atoms with E-state index in [9.17, 15) is 5.11 Å². The van der Waals surface area contributed by atoms with Gasteiger partial charge < -0.3 is 5.11 Å². The van der Waals surface area contributed by atoms with E-state index < -0.39 is 0 Å². The Bertz CT molecular complexity index is 162. The maximum atomic E-state index is 10.2. The van der Waals surface area contributed by atoms with E-state index in [-0.39, 0.29) is 11.6 Å². The van der Waals surface area contributed by atoms with Gasteiger partial charge in [0.05, 0.1) is 6.10 Å². The van der Waals surface area contributed by atoms with Crippen LogP contribution < -0.4 is 0 Å². The van der Waals surface area contributed by atoms with Crippen molar-refractivity contribution in [2.24, 2.45) is 5.92 Å². The predicted molar refractivity (Wildman–Crippen MR) is 67.1 cm³/mol. The predicted octanol–water partition coefficient (Wildman–Crippen LogP) is 2.90. The van der Waals surface area contributed by atoms with Gasteiger partial charge >= 0.3 is 0 Å². The third kappa shape index (κ3) is 4.52. The molecule has 0 radical (unpaired) electrons. The van der Waals surface area contributed by atoms with Gasteiger partial charge in [0.15, 0.2) is 0 Å². The minimum Gasteiger partial charge on any atom is -0.391 e. The number of hydrogen-bond donors (Lipinski definition) is 1. The summed E-state index contributed by atoms with van der Waals surface area (Å²) in [7, 11) is 0. The Hall–Kier alpha value is -0.0800. The third-order valence-corrected chi connectivity index (χ3v) is 3.41. The molecular formula is C13H29NO. The lowest BCUT2D eigenvalue weighted by atomic mass is 9.89. The van der Waals surface area contributed by atoms with Crippen LogP contribution in [0.2, 0.25) is 0 Å². The Morgan fingerprint density at radius 3 is 1.87 bits per heavy atom. The molecule has 92 valence electrons. The van der Waals surface area contributed by atoms with E-state index in [0.29, 0.717) is 5.92 Å². The van der Waals surface area contributed by atoms with E-state index >= 15 is 0 Å². The summed E-state index contributed by atoms with van der Waals surface area (Å²) >= 11 is 0. The lowest BCUT2D eigenvalue weighted by Gasteiger charge is -2.41. The topological polar surface area (TPSA) is 23.5 Å². The molecule has 0 aliphatic carbocycles. The van der Waals surface area contributed by atoms with Crippen LogP contribution in [-0.4, -0.2) is 34.7 Å². The van der Waals surface area contributed by atoms with E-state index in [4.69, 9.17) is 0 Å². The summed E-state index contributed by atoms with van der Waals surface area (Å²) in [4.78, 5) is 2.33. The third-order valence-electron chi connectivity index (χ3n) is 3.41. The van der Waals surface area contributed by atoms with Crippen molar-refractivity contribution in [2.45, 2.75) is 66.0 Å². The van der Waals surface area contributed by atoms with Crippen LogP contribution in [0.3, 0.4) is 0 Å². The number of likely N-dealkylation sites (N-methyl/N-ethyl adjacent to an activating group) is 1. The molecule has 0 fully saturated rings. The first-order valence-electron chi connectivity index (χ1n) is 6.29. The zero-order chi connectivity index (χ0) is 12.1. The summed E-state index contributed by atoms with van der Waals surface area (Å²) in [5.74, 6) is 0.673. The molecular weight excluding hydrogens is 186 g/mol. The summed E-state index contributed by atoms with van der Waals surface area (Å²) in [6, 6.07) is 0.